The second-order valence-electron chi connectivity index (χ2n) is 11.8. The van der Waals surface area contributed by atoms with E-state index < -0.39 is 0 Å². The molecule has 2 atom stereocenters. The fourth-order valence-electron chi connectivity index (χ4n) is 6.04. The van der Waals surface area contributed by atoms with Crippen LogP contribution in [0.15, 0.2) is 66.2 Å². The van der Waals surface area contributed by atoms with E-state index in [0.717, 1.165) is 58.9 Å². The van der Waals surface area contributed by atoms with Gasteiger partial charge in [0.25, 0.3) is 0 Å². The highest BCUT2D eigenvalue weighted by molar-refractivity contribution is 7.16. The molecule has 0 radical (unpaired) electrons. The number of ether oxygens (including phenoxy) is 1. The predicted octanol–water partition coefficient (Wildman–Crippen LogP) is 7.67. The molecule has 42 heavy (non-hydrogen) atoms. The quantitative estimate of drug-likeness (QED) is 0.198. The fraction of sp³-hybridized carbons (Fsp3) is 0.343. The van der Waals surface area contributed by atoms with E-state index in [4.69, 9.17) is 14.7 Å². The summed E-state index contributed by atoms with van der Waals surface area (Å²) in [6, 6.07) is 19.9. The van der Waals surface area contributed by atoms with Crippen LogP contribution in [-0.2, 0) is 25.8 Å². The maximum Gasteiger partial charge on any atom is 0.142 e. The van der Waals surface area contributed by atoms with E-state index in [2.05, 4.69) is 60.1 Å². The number of halogens is 1. The van der Waals surface area contributed by atoms with Gasteiger partial charge in [-0.05, 0) is 116 Å². The number of rotatable bonds is 7. The van der Waals surface area contributed by atoms with E-state index in [9.17, 15) is 4.39 Å². The van der Waals surface area contributed by atoms with Crippen molar-refractivity contribution in [2.24, 2.45) is 11.8 Å². The van der Waals surface area contributed by atoms with Gasteiger partial charge >= 0.3 is 0 Å². The van der Waals surface area contributed by atoms with Crippen LogP contribution in [0.2, 0.25) is 0 Å². The van der Waals surface area contributed by atoms with Crippen LogP contribution in [0, 0.1) is 24.6 Å². The third kappa shape index (κ3) is 6.37. The molecule has 5 aromatic rings. The van der Waals surface area contributed by atoms with E-state index in [-0.39, 0.29) is 5.82 Å². The Morgan fingerprint density at radius 3 is 2.60 bits per heavy atom. The molecular formula is C35H37FN4OS. The first-order valence-corrected chi connectivity index (χ1v) is 15.5. The Balaban J connectivity index is 1.28. The number of hydrogen-bond donors (Lipinski definition) is 0. The van der Waals surface area contributed by atoms with Crippen LogP contribution in [0.1, 0.15) is 47.2 Å². The lowest BCUT2D eigenvalue weighted by Gasteiger charge is -2.29. The molecule has 216 valence electrons. The smallest absolute Gasteiger partial charge is 0.142 e. The minimum atomic E-state index is -0.219. The minimum absolute atomic E-state index is 0.219. The van der Waals surface area contributed by atoms with Gasteiger partial charge in [0.15, 0.2) is 0 Å². The second kappa shape index (κ2) is 12.3. The van der Waals surface area contributed by atoms with Crippen molar-refractivity contribution in [3.05, 3.63) is 106 Å². The zero-order valence-corrected chi connectivity index (χ0v) is 25.5. The van der Waals surface area contributed by atoms with Crippen molar-refractivity contribution >= 4 is 21.6 Å². The van der Waals surface area contributed by atoms with Gasteiger partial charge in [0, 0.05) is 17.8 Å². The predicted molar refractivity (Wildman–Crippen MR) is 169 cm³/mol. The highest BCUT2D eigenvalue weighted by Crippen LogP contribution is 2.35. The number of hydrogen-bond acceptors (Lipinski definition) is 6. The maximum absolute atomic E-state index is 13.6. The molecule has 3 heterocycles. The lowest BCUT2D eigenvalue weighted by molar-refractivity contribution is 0.220. The Morgan fingerprint density at radius 2 is 1.79 bits per heavy atom. The van der Waals surface area contributed by atoms with Gasteiger partial charge in [0.05, 0.1) is 28.9 Å². The molecule has 0 aliphatic carbocycles. The summed E-state index contributed by atoms with van der Waals surface area (Å²) in [6.07, 6.45) is 3.46. The minimum Gasteiger partial charge on any atom is -0.493 e. The molecule has 0 amide bonds. The van der Waals surface area contributed by atoms with Gasteiger partial charge in [-0.25, -0.2) is 19.3 Å². The largest absolute Gasteiger partial charge is 0.493 e. The number of fused-ring (bicyclic) bond motifs is 2. The Bertz CT molecular complexity index is 1700. The molecule has 2 unspecified atom stereocenters. The van der Waals surface area contributed by atoms with Crippen LogP contribution >= 0.6 is 11.3 Å². The Kier molecular flexibility index (Phi) is 8.31. The van der Waals surface area contributed by atoms with Crippen LogP contribution in [0.3, 0.4) is 0 Å². The monoisotopic (exact) mass is 580 g/mol. The molecule has 0 N–H and O–H groups in total. The van der Waals surface area contributed by atoms with Gasteiger partial charge in [-0.15, -0.1) is 11.3 Å². The van der Waals surface area contributed by atoms with Crippen molar-refractivity contribution in [2.45, 2.75) is 46.1 Å². The molecule has 0 saturated heterocycles. The van der Waals surface area contributed by atoms with Gasteiger partial charge < -0.3 is 9.64 Å². The number of thiazole rings is 1. The van der Waals surface area contributed by atoms with Crippen LogP contribution in [0.5, 0.6) is 5.75 Å². The molecule has 1 aliphatic heterocycles. The van der Waals surface area contributed by atoms with Crippen molar-refractivity contribution in [1.82, 2.24) is 19.9 Å². The van der Waals surface area contributed by atoms with Gasteiger partial charge in [-0.2, -0.15) is 0 Å². The van der Waals surface area contributed by atoms with E-state index in [1.165, 1.54) is 33.5 Å². The maximum atomic E-state index is 13.6. The Morgan fingerprint density at radius 1 is 1.00 bits per heavy atom. The van der Waals surface area contributed by atoms with Crippen molar-refractivity contribution in [2.75, 3.05) is 20.7 Å². The fourth-order valence-corrected chi connectivity index (χ4v) is 6.70. The summed E-state index contributed by atoms with van der Waals surface area (Å²) in [4.78, 5) is 16.6. The van der Waals surface area contributed by atoms with Crippen LogP contribution < -0.4 is 4.74 Å². The van der Waals surface area contributed by atoms with Crippen LogP contribution in [0.4, 0.5) is 4.39 Å². The van der Waals surface area contributed by atoms with Crippen molar-refractivity contribution in [1.29, 1.82) is 0 Å². The average Bonchev–Trinajstić information content (AvgIpc) is 3.43. The summed E-state index contributed by atoms with van der Waals surface area (Å²) in [5.41, 5.74) is 10.9. The standard InChI is InChI=1S/C35H37FN4OS/c1-22-15-28-17-26(27-8-12-34-32(19-27)37-21-42-34)7-11-33(28)41-14-13-25(22)18-31-30(16-24-5-9-29(36)10-6-24)23(2)38-35(39-31)20-40(3)4/h5-12,17,19,21-22,25H,13-16,18,20H2,1-4H3. The third-order valence-corrected chi connectivity index (χ3v) is 9.18. The molecule has 0 bridgehead atoms. The van der Waals surface area contributed by atoms with E-state index in [1.807, 2.05) is 31.7 Å². The lowest BCUT2D eigenvalue weighted by atomic mass is 9.81. The van der Waals surface area contributed by atoms with Crippen molar-refractivity contribution in [3.8, 4) is 16.9 Å². The molecule has 5 nitrogen and oxygen atoms in total. The SMILES string of the molecule is Cc1nc(CN(C)C)nc(CC2CCOc3ccc(-c4ccc5scnc5c4)cc3CC2C)c1Cc1ccc(F)cc1. The molecule has 2 aromatic heterocycles. The topological polar surface area (TPSA) is 51.1 Å². The van der Waals surface area contributed by atoms with E-state index in [1.54, 1.807) is 11.3 Å². The lowest BCUT2D eigenvalue weighted by Crippen LogP contribution is -2.24. The third-order valence-electron chi connectivity index (χ3n) is 8.37. The second-order valence-corrected chi connectivity index (χ2v) is 12.7. The van der Waals surface area contributed by atoms with Crippen molar-refractivity contribution in [3.63, 3.8) is 0 Å². The zero-order chi connectivity index (χ0) is 29.2. The van der Waals surface area contributed by atoms with Crippen LogP contribution in [-0.4, -0.2) is 40.6 Å². The summed E-state index contributed by atoms with van der Waals surface area (Å²) in [5, 5.41) is 0. The highest BCUT2D eigenvalue weighted by atomic mass is 32.1. The summed E-state index contributed by atoms with van der Waals surface area (Å²) < 4.78 is 21.2. The average molecular weight is 581 g/mol. The Labute approximate surface area is 251 Å². The zero-order valence-electron chi connectivity index (χ0n) is 24.7. The van der Waals surface area contributed by atoms with Gasteiger partial charge in [-0.1, -0.05) is 31.2 Å². The van der Waals surface area contributed by atoms with E-state index >= 15 is 0 Å². The normalized spacial score (nSPS) is 17.1. The molecule has 1 aliphatic rings. The number of aryl methyl sites for hydroxylation is 1. The molecule has 0 fully saturated rings. The van der Waals surface area contributed by atoms with Gasteiger partial charge in [0.2, 0.25) is 0 Å². The van der Waals surface area contributed by atoms with Gasteiger partial charge in [0.1, 0.15) is 17.4 Å². The van der Waals surface area contributed by atoms with Crippen LogP contribution in [0.25, 0.3) is 21.3 Å². The number of benzene rings is 3. The number of aromatic nitrogens is 3. The molecule has 0 spiro atoms. The van der Waals surface area contributed by atoms with E-state index in [0.29, 0.717) is 31.4 Å². The summed E-state index contributed by atoms with van der Waals surface area (Å²) in [7, 11) is 4.08. The molecule has 0 saturated carbocycles. The molecule has 6 rings (SSSR count). The van der Waals surface area contributed by atoms with Crippen molar-refractivity contribution < 1.29 is 9.13 Å². The summed E-state index contributed by atoms with van der Waals surface area (Å²) in [6.45, 7) is 5.81. The molecule has 3 aromatic carbocycles. The summed E-state index contributed by atoms with van der Waals surface area (Å²) >= 11 is 1.67. The highest BCUT2D eigenvalue weighted by Gasteiger charge is 2.25. The first kappa shape index (κ1) is 28.4. The first-order valence-electron chi connectivity index (χ1n) is 14.7. The van der Waals surface area contributed by atoms with Gasteiger partial charge in [-0.3, -0.25) is 0 Å². The Hall–Kier alpha value is -3.68. The molecular weight excluding hydrogens is 543 g/mol. The molecule has 7 heteroatoms. The summed E-state index contributed by atoms with van der Waals surface area (Å²) in [5.74, 6) is 2.46. The first-order chi connectivity index (χ1) is 20.3. The number of nitrogens with zero attached hydrogens (tertiary/aromatic N) is 4.